The first kappa shape index (κ1) is 34.1. The van der Waals surface area contributed by atoms with Gasteiger partial charge in [-0.2, -0.15) is 0 Å². The van der Waals surface area contributed by atoms with E-state index in [1.165, 1.54) is 6.92 Å². The van der Waals surface area contributed by atoms with E-state index in [1.54, 1.807) is 63.4 Å². The average Bonchev–Trinajstić information content (AvgIpc) is 3.07. The summed E-state index contributed by atoms with van der Waals surface area (Å²) < 4.78 is 0. The van der Waals surface area contributed by atoms with Gasteiger partial charge in [-0.15, -0.1) is 6.58 Å². The maximum Gasteiger partial charge on any atom is 0.334 e. The summed E-state index contributed by atoms with van der Waals surface area (Å²) in [4.78, 5) is 62.1. The van der Waals surface area contributed by atoms with Crippen molar-refractivity contribution in [2.75, 3.05) is 26.7 Å². The number of hydrogen-bond donors (Lipinski definition) is 2. The van der Waals surface area contributed by atoms with Crippen LogP contribution < -0.4 is 5.32 Å². The molecule has 11 heteroatoms. The summed E-state index contributed by atoms with van der Waals surface area (Å²) in [6.45, 7) is 8.00. The molecule has 0 radical (unpaired) electrons. The molecular formula is C37H42N6O5. The van der Waals surface area contributed by atoms with Gasteiger partial charge in [0.2, 0.25) is 11.8 Å². The van der Waals surface area contributed by atoms with E-state index in [1.807, 2.05) is 55.5 Å². The number of urea groups is 1. The standard InChI is InChI=1S/C37H42N6O5/c1-5-18-41-24-35(46)42-33(19-27-14-16-30(45)17-15-27)36(47)40(22-29-12-9-13-31(25(29)2)32(21-38-4)26(3)44)23-34(42)43(41)37(48)39-20-28-10-7-6-8-11-28/h5-17,21,32-34,45H,1,18-20,22-24H2,2-4H3,(H,39,48)/b38-21+/t32?,33-,34-/m0/s1. The molecule has 3 aromatic rings. The quantitative estimate of drug-likeness (QED) is 0.240. The molecule has 5 rings (SSSR count). The molecule has 0 aromatic heterocycles. The third-order valence-electron chi connectivity index (χ3n) is 8.95. The fourth-order valence-corrected chi connectivity index (χ4v) is 6.52. The molecule has 1 unspecified atom stereocenters. The monoisotopic (exact) mass is 650 g/mol. The second kappa shape index (κ2) is 15.1. The number of nitrogens with zero attached hydrogens (tertiary/aromatic N) is 5. The van der Waals surface area contributed by atoms with Crippen molar-refractivity contribution in [3.8, 4) is 5.75 Å². The zero-order valence-corrected chi connectivity index (χ0v) is 27.6. The van der Waals surface area contributed by atoms with Gasteiger partial charge in [0.25, 0.3) is 0 Å². The normalized spacial score (nSPS) is 18.9. The minimum atomic E-state index is -0.906. The number of amides is 4. The first-order valence-electron chi connectivity index (χ1n) is 16.0. The number of aromatic hydroxyl groups is 1. The minimum absolute atomic E-state index is 0.0420. The van der Waals surface area contributed by atoms with E-state index in [9.17, 15) is 24.3 Å². The largest absolute Gasteiger partial charge is 0.508 e. The van der Waals surface area contributed by atoms with Crippen LogP contribution in [0.15, 0.2) is 90.4 Å². The van der Waals surface area contributed by atoms with Crippen LogP contribution in [0.2, 0.25) is 0 Å². The molecule has 0 spiro atoms. The van der Waals surface area contributed by atoms with Crippen LogP contribution in [-0.2, 0) is 33.9 Å². The summed E-state index contributed by atoms with van der Waals surface area (Å²) in [5, 5.41) is 16.1. The van der Waals surface area contributed by atoms with Gasteiger partial charge in [-0.3, -0.25) is 19.4 Å². The molecule has 2 aliphatic heterocycles. The zero-order valence-electron chi connectivity index (χ0n) is 27.6. The highest BCUT2D eigenvalue weighted by molar-refractivity contribution is 5.99. The Kier molecular flexibility index (Phi) is 10.7. The highest BCUT2D eigenvalue weighted by Gasteiger charge is 2.51. The zero-order chi connectivity index (χ0) is 34.4. The Balaban J connectivity index is 1.53. The molecule has 0 aliphatic carbocycles. The van der Waals surface area contributed by atoms with Gasteiger partial charge in [0, 0.05) is 39.3 Å². The third kappa shape index (κ3) is 7.31. The number of benzene rings is 3. The average molecular weight is 651 g/mol. The van der Waals surface area contributed by atoms with Crippen molar-refractivity contribution in [1.29, 1.82) is 0 Å². The van der Waals surface area contributed by atoms with E-state index < -0.39 is 24.2 Å². The summed E-state index contributed by atoms with van der Waals surface area (Å²) >= 11 is 0. The van der Waals surface area contributed by atoms with Crippen molar-refractivity contribution in [2.24, 2.45) is 4.99 Å². The lowest BCUT2D eigenvalue weighted by molar-refractivity contribution is -0.189. The number of Topliss-reactive ketones (excluding diaryl/α,β-unsaturated/α-hetero) is 1. The molecule has 4 amide bonds. The van der Waals surface area contributed by atoms with Crippen LogP contribution in [0.3, 0.4) is 0 Å². The molecular weight excluding hydrogens is 608 g/mol. The Morgan fingerprint density at radius 1 is 1.04 bits per heavy atom. The van der Waals surface area contributed by atoms with Gasteiger partial charge < -0.3 is 20.2 Å². The Bertz CT molecular complexity index is 1690. The van der Waals surface area contributed by atoms with Gasteiger partial charge in [-0.1, -0.05) is 66.7 Å². The molecule has 11 nitrogen and oxygen atoms in total. The van der Waals surface area contributed by atoms with E-state index >= 15 is 0 Å². The fraction of sp³-hybridized carbons (Fsp3) is 0.324. The lowest BCUT2D eigenvalue weighted by Gasteiger charge is -2.55. The van der Waals surface area contributed by atoms with Gasteiger partial charge in [0.1, 0.15) is 23.7 Å². The van der Waals surface area contributed by atoms with Crippen LogP contribution in [0, 0.1) is 6.92 Å². The number of hydrazine groups is 1. The number of phenols is 1. The van der Waals surface area contributed by atoms with Crippen molar-refractivity contribution in [2.45, 2.75) is 51.5 Å². The van der Waals surface area contributed by atoms with Gasteiger partial charge in [0.05, 0.1) is 19.0 Å². The van der Waals surface area contributed by atoms with Gasteiger partial charge in [0.15, 0.2) is 0 Å². The van der Waals surface area contributed by atoms with Gasteiger partial charge in [-0.05, 0) is 53.8 Å². The minimum Gasteiger partial charge on any atom is -0.508 e. The van der Waals surface area contributed by atoms with E-state index in [2.05, 4.69) is 16.9 Å². The summed E-state index contributed by atoms with van der Waals surface area (Å²) in [6, 6.07) is 20.5. The summed E-state index contributed by atoms with van der Waals surface area (Å²) in [5.74, 6) is -0.989. The number of fused-ring (bicyclic) bond motifs is 1. The fourth-order valence-electron chi connectivity index (χ4n) is 6.52. The second-order valence-electron chi connectivity index (χ2n) is 12.1. The van der Waals surface area contributed by atoms with Crippen LogP contribution in [0.4, 0.5) is 4.79 Å². The lowest BCUT2D eigenvalue weighted by atomic mass is 9.89. The molecule has 2 aliphatic rings. The number of carbonyl (C=O) groups excluding carboxylic acids is 4. The van der Waals surface area contributed by atoms with E-state index in [0.717, 1.165) is 27.8 Å². The summed E-state index contributed by atoms with van der Waals surface area (Å²) in [7, 11) is 1.63. The maximum atomic E-state index is 14.4. The molecule has 3 aromatic carbocycles. The summed E-state index contributed by atoms with van der Waals surface area (Å²) in [6.07, 6.45) is 2.65. The SMILES string of the molecule is C=CCN1CC(=O)N2[C@@H](Cc3ccc(O)cc3)C(=O)N(Cc3cccc(C(/C=N/C)C(C)=O)c3C)C[C@@H]2N1C(=O)NCc1ccccc1. The van der Waals surface area contributed by atoms with E-state index in [-0.39, 0.29) is 62.5 Å². The highest BCUT2D eigenvalue weighted by Crippen LogP contribution is 2.31. The van der Waals surface area contributed by atoms with Crippen LogP contribution in [-0.4, -0.2) is 93.7 Å². The molecule has 2 N–H and O–H groups in total. The molecule has 48 heavy (non-hydrogen) atoms. The number of nitrogens with one attached hydrogen (secondary N) is 1. The predicted octanol–water partition coefficient (Wildman–Crippen LogP) is 3.81. The van der Waals surface area contributed by atoms with Crippen molar-refractivity contribution in [1.82, 2.24) is 25.1 Å². The first-order chi connectivity index (χ1) is 23.1. The van der Waals surface area contributed by atoms with Gasteiger partial charge in [-0.25, -0.2) is 14.8 Å². The molecule has 2 saturated heterocycles. The van der Waals surface area contributed by atoms with Crippen molar-refractivity contribution in [3.05, 3.63) is 113 Å². The number of phenolic OH excluding ortho intramolecular Hbond substituents is 1. The number of rotatable bonds is 11. The van der Waals surface area contributed by atoms with Crippen molar-refractivity contribution in [3.63, 3.8) is 0 Å². The third-order valence-corrected chi connectivity index (χ3v) is 8.95. The van der Waals surface area contributed by atoms with Crippen LogP contribution in [0.1, 0.15) is 40.7 Å². The first-order valence-corrected chi connectivity index (χ1v) is 16.0. The number of ketones is 1. The molecule has 0 saturated carbocycles. The summed E-state index contributed by atoms with van der Waals surface area (Å²) in [5.41, 5.74) is 4.20. The molecule has 2 heterocycles. The number of piperazine rings is 1. The van der Waals surface area contributed by atoms with E-state index in [4.69, 9.17) is 0 Å². The molecule has 0 bridgehead atoms. The van der Waals surface area contributed by atoms with Crippen LogP contribution in [0.5, 0.6) is 5.75 Å². The Morgan fingerprint density at radius 2 is 1.77 bits per heavy atom. The van der Waals surface area contributed by atoms with Crippen molar-refractivity contribution < 1.29 is 24.3 Å². The Labute approximate surface area is 281 Å². The lowest BCUT2D eigenvalue weighted by Crippen LogP contribution is -2.76. The highest BCUT2D eigenvalue weighted by atomic mass is 16.3. The van der Waals surface area contributed by atoms with Crippen LogP contribution >= 0.6 is 0 Å². The Morgan fingerprint density at radius 3 is 2.44 bits per heavy atom. The molecule has 250 valence electrons. The number of aliphatic imine (C=N–C) groups is 1. The van der Waals surface area contributed by atoms with Crippen LogP contribution in [0.25, 0.3) is 0 Å². The van der Waals surface area contributed by atoms with Gasteiger partial charge >= 0.3 is 6.03 Å². The number of carbonyl (C=O) groups is 4. The smallest absolute Gasteiger partial charge is 0.334 e. The molecule has 3 atom stereocenters. The second-order valence-corrected chi connectivity index (χ2v) is 12.1. The van der Waals surface area contributed by atoms with Crippen molar-refractivity contribution >= 4 is 29.8 Å². The maximum absolute atomic E-state index is 14.4. The molecule has 2 fully saturated rings. The topological polar surface area (TPSA) is 126 Å². The Hall–Kier alpha value is -5.29. The predicted molar refractivity (Wildman–Crippen MR) is 183 cm³/mol. The van der Waals surface area contributed by atoms with E-state index in [0.29, 0.717) is 0 Å². The number of hydrogen-bond acceptors (Lipinski definition) is 7.